The lowest BCUT2D eigenvalue weighted by atomic mass is 10.4. The molecule has 0 saturated heterocycles. The molecule has 0 spiro atoms. The fourth-order valence-corrected chi connectivity index (χ4v) is 0.626. The molecule has 0 bridgehead atoms. The highest BCUT2D eigenvalue weighted by Crippen LogP contribution is 1.95. The van der Waals surface area contributed by atoms with E-state index in [0.717, 1.165) is 5.56 Å². The smallest absolute Gasteiger partial charge is 0.142 e. The van der Waals surface area contributed by atoms with Gasteiger partial charge in [-0.15, -0.1) is 11.6 Å². The quantitative estimate of drug-likeness (QED) is 0.556. The van der Waals surface area contributed by atoms with Crippen LogP contribution in [0.5, 0.6) is 0 Å². The van der Waals surface area contributed by atoms with E-state index in [9.17, 15) is 0 Å². The molecule has 1 aromatic rings. The average Bonchev–Trinajstić information content (AvgIpc) is 1.90. The standard InChI is InChI=1S/C6H7ClN2/c1-5-3-8-6(2-7)9-4-5/h3-4H,2H2,1H3. The Balaban J connectivity index is 2.88. The molecule has 3 heteroatoms. The van der Waals surface area contributed by atoms with Gasteiger partial charge in [0.15, 0.2) is 0 Å². The Morgan fingerprint density at radius 3 is 2.44 bits per heavy atom. The molecular weight excluding hydrogens is 136 g/mol. The lowest BCUT2D eigenvalue weighted by molar-refractivity contribution is 1.01. The summed E-state index contributed by atoms with van der Waals surface area (Å²) in [7, 11) is 0. The third-order valence-electron chi connectivity index (χ3n) is 0.954. The lowest BCUT2D eigenvalue weighted by Gasteiger charge is -1.91. The van der Waals surface area contributed by atoms with Gasteiger partial charge in [-0.25, -0.2) is 9.97 Å². The second kappa shape index (κ2) is 2.78. The van der Waals surface area contributed by atoms with Crippen LogP contribution in [-0.2, 0) is 5.88 Å². The van der Waals surface area contributed by atoms with E-state index in [-0.39, 0.29) is 0 Å². The molecule has 48 valence electrons. The number of halogens is 1. The van der Waals surface area contributed by atoms with Crippen molar-refractivity contribution < 1.29 is 0 Å². The summed E-state index contributed by atoms with van der Waals surface area (Å²) >= 11 is 5.45. The minimum absolute atomic E-state index is 0.389. The van der Waals surface area contributed by atoms with E-state index < -0.39 is 0 Å². The Labute approximate surface area is 58.9 Å². The van der Waals surface area contributed by atoms with Crippen molar-refractivity contribution in [1.29, 1.82) is 0 Å². The van der Waals surface area contributed by atoms with Crippen LogP contribution in [0.15, 0.2) is 12.4 Å². The van der Waals surface area contributed by atoms with Crippen molar-refractivity contribution >= 4 is 11.6 Å². The van der Waals surface area contributed by atoms with Crippen LogP contribution in [0, 0.1) is 6.92 Å². The Bertz CT molecular complexity index is 183. The lowest BCUT2D eigenvalue weighted by Crippen LogP contribution is -1.89. The molecule has 0 aliphatic carbocycles. The number of nitrogens with zero attached hydrogens (tertiary/aromatic N) is 2. The average molecular weight is 143 g/mol. The SMILES string of the molecule is Cc1cnc(CCl)nc1. The van der Waals surface area contributed by atoms with Crippen molar-refractivity contribution in [1.82, 2.24) is 9.97 Å². The summed E-state index contributed by atoms with van der Waals surface area (Å²) in [4.78, 5) is 7.91. The summed E-state index contributed by atoms with van der Waals surface area (Å²) in [5.41, 5.74) is 1.06. The van der Waals surface area contributed by atoms with Gasteiger partial charge in [-0.1, -0.05) is 0 Å². The predicted octanol–water partition coefficient (Wildman–Crippen LogP) is 1.52. The maximum atomic E-state index is 5.45. The summed E-state index contributed by atoms with van der Waals surface area (Å²) < 4.78 is 0. The molecular formula is C6H7ClN2. The normalized spacial score (nSPS) is 9.56. The summed E-state index contributed by atoms with van der Waals surface area (Å²) in [6.07, 6.45) is 3.51. The van der Waals surface area contributed by atoms with Crippen molar-refractivity contribution in [3.63, 3.8) is 0 Å². The summed E-state index contributed by atoms with van der Waals surface area (Å²) in [6, 6.07) is 0. The Morgan fingerprint density at radius 2 is 2.00 bits per heavy atom. The highest BCUT2D eigenvalue weighted by molar-refractivity contribution is 6.16. The predicted molar refractivity (Wildman–Crippen MR) is 36.3 cm³/mol. The van der Waals surface area contributed by atoms with Gasteiger partial charge < -0.3 is 0 Å². The molecule has 1 heterocycles. The van der Waals surface area contributed by atoms with E-state index in [2.05, 4.69) is 9.97 Å². The number of alkyl halides is 1. The highest BCUT2D eigenvalue weighted by Gasteiger charge is 1.89. The van der Waals surface area contributed by atoms with Crippen LogP contribution >= 0.6 is 11.6 Å². The number of aromatic nitrogens is 2. The van der Waals surface area contributed by atoms with E-state index in [4.69, 9.17) is 11.6 Å². The molecule has 0 aromatic carbocycles. The molecule has 0 atom stereocenters. The third-order valence-corrected chi connectivity index (χ3v) is 1.19. The fraction of sp³-hybridized carbons (Fsp3) is 0.333. The number of aryl methyl sites for hydroxylation is 1. The third kappa shape index (κ3) is 1.64. The van der Waals surface area contributed by atoms with Crippen LogP contribution in [0.2, 0.25) is 0 Å². The van der Waals surface area contributed by atoms with Crippen LogP contribution in [0.3, 0.4) is 0 Å². The molecule has 0 aliphatic heterocycles. The molecule has 0 amide bonds. The van der Waals surface area contributed by atoms with Gasteiger partial charge in [-0.2, -0.15) is 0 Å². The summed E-state index contributed by atoms with van der Waals surface area (Å²) in [6.45, 7) is 1.94. The van der Waals surface area contributed by atoms with Crippen LogP contribution in [0.4, 0.5) is 0 Å². The summed E-state index contributed by atoms with van der Waals surface area (Å²) in [5, 5.41) is 0. The minimum atomic E-state index is 0.389. The van der Waals surface area contributed by atoms with Crippen molar-refractivity contribution in [2.45, 2.75) is 12.8 Å². The van der Waals surface area contributed by atoms with Crippen LogP contribution in [0.25, 0.3) is 0 Å². The van der Waals surface area contributed by atoms with Gasteiger partial charge in [0, 0.05) is 12.4 Å². The topological polar surface area (TPSA) is 25.8 Å². The van der Waals surface area contributed by atoms with Crippen LogP contribution in [-0.4, -0.2) is 9.97 Å². The minimum Gasteiger partial charge on any atom is -0.240 e. The first-order valence-electron chi connectivity index (χ1n) is 2.66. The Hall–Kier alpha value is -0.630. The van der Waals surface area contributed by atoms with E-state index in [1.54, 1.807) is 12.4 Å². The molecule has 1 rings (SSSR count). The number of rotatable bonds is 1. The van der Waals surface area contributed by atoms with Crippen molar-refractivity contribution in [2.75, 3.05) is 0 Å². The molecule has 0 N–H and O–H groups in total. The van der Waals surface area contributed by atoms with E-state index in [1.807, 2.05) is 6.92 Å². The number of hydrogen-bond acceptors (Lipinski definition) is 2. The van der Waals surface area contributed by atoms with Crippen LogP contribution < -0.4 is 0 Å². The molecule has 9 heavy (non-hydrogen) atoms. The highest BCUT2D eigenvalue weighted by atomic mass is 35.5. The van der Waals surface area contributed by atoms with Gasteiger partial charge >= 0.3 is 0 Å². The second-order valence-electron chi connectivity index (χ2n) is 1.81. The van der Waals surface area contributed by atoms with E-state index >= 15 is 0 Å². The van der Waals surface area contributed by atoms with Crippen LogP contribution in [0.1, 0.15) is 11.4 Å². The maximum absolute atomic E-state index is 5.45. The fourth-order valence-electron chi connectivity index (χ4n) is 0.488. The zero-order chi connectivity index (χ0) is 6.69. The van der Waals surface area contributed by atoms with Gasteiger partial charge in [0.1, 0.15) is 5.82 Å². The van der Waals surface area contributed by atoms with Gasteiger partial charge in [-0.3, -0.25) is 0 Å². The second-order valence-corrected chi connectivity index (χ2v) is 2.08. The van der Waals surface area contributed by atoms with Crippen molar-refractivity contribution in [3.8, 4) is 0 Å². The molecule has 0 fully saturated rings. The zero-order valence-corrected chi connectivity index (χ0v) is 5.89. The first-order valence-corrected chi connectivity index (χ1v) is 3.20. The molecule has 0 unspecified atom stereocenters. The molecule has 0 saturated carbocycles. The molecule has 0 aliphatic rings. The van der Waals surface area contributed by atoms with Gasteiger partial charge in [0.05, 0.1) is 5.88 Å². The zero-order valence-electron chi connectivity index (χ0n) is 5.13. The Morgan fingerprint density at radius 1 is 1.44 bits per heavy atom. The molecule has 2 nitrogen and oxygen atoms in total. The van der Waals surface area contributed by atoms with E-state index in [1.165, 1.54) is 0 Å². The van der Waals surface area contributed by atoms with Gasteiger partial charge in [-0.05, 0) is 12.5 Å². The summed E-state index contributed by atoms with van der Waals surface area (Å²) in [5.74, 6) is 1.07. The first kappa shape index (κ1) is 6.49. The van der Waals surface area contributed by atoms with Crippen molar-refractivity contribution in [3.05, 3.63) is 23.8 Å². The monoisotopic (exact) mass is 142 g/mol. The number of hydrogen-bond donors (Lipinski definition) is 0. The van der Waals surface area contributed by atoms with Gasteiger partial charge in [0.2, 0.25) is 0 Å². The molecule has 0 radical (unpaired) electrons. The maximum Gasteiger partial charge on any atom is 0.142 e. The Kier molecular flexibility index (Phi) is 2.01. The van der Waals surface area contributed by atoms with Crippen molar-refractivity contribution in [2.24, 2.45) is 0 Å². The largest absolute Gasteiger partial charge is 0.240 e. The van der Waals surface area contributed by atoms with Gasteiger partial charge in [0.25, 0.3) is 0 Å². The molecule has 1 aromatic heterocycles. The van der Waals surface area contributed by atoms with E-state index in [0.29, 0.717) is 11.7 Å². The first-order chi connectivity index (χ1) is 4.33.